The lowest BCUT2D eigenvalue weighted by atomic mass is 9.95. The third kappa shape index (κ3) is 4.33. The Morgan fingerprint density at radius 2 is 1.86 bits per heavy atom. The summed E-state index contributed by atoms with van der Waals surface area (Å²) in [5, 5.41) is 13.3. The Bertz CT molecular complexity index is 1140. The number of hydrogen-bond donors (Lipinski definition) is 3. The van der Waals surface area contributed by atoms with Gasteiger partial charge in [-0.3, -0.25) is 9.59 Å². The first-order chi connectivity index (χ1) is 13.7. The van der Waals surface area contributed by atoms with Gasteiger partial charge in [0, 0.05) is 17.8 Å². The third-order valence-electron chi connectivity index (χ3n) is 4.64. The van der Waals surface area contributed by atoms with Crippen molar-refractivity contribution in [2.75, 3.05) is 6.54 Å². The Morgan fingerprint density at radius 3 is 2.52 bits per heavy atom. The second kappa shape index (κ2) is 7.84. The highest BCUT2D eigenvalue weighted by Gasteiger charge is 2.24. The van der Waals surface area contributed by atoms with E-state index in [2.05, 4.69) is 10.3 Å². The molecule has 3 N–H and O–H groups in total. The van der Waals surface area contributed by atoms with Crippen LogP contribution in [0.3, 0.4) is 0 Å². The highest BCUT2D eigenvalue weighted by Crippen LogP contribution is 2.20. The molecule has 29 heavy (non-hydrogen) atoms. The molecule has 1 aromatic heterocycles. The fraction of sp³-hybridized carbons (Fsp3) is 0.190. The molecule has 8 heteroatoms. The van der Waals surface area contributed by atoms with Gasteiger partial charge in [0.05, 0.1) is 12.2 Å². The molecule has 0 saturated carbocycles. The van der Waals surface area contributed by atoms with Gasteiger partial charge in [0.15, 0.2) is 0 Å². The van der Waals surface area contributed by atoms with E-state index < -0.39 is 28.6 Å². The van der Waals surface area contributed by atoms with Gasteiger partial charge in [-0.15, -0.1) is 0 Å². The number of carbonyl (C=O) groups excluding carboxylic acids is 1. The molecule has 150 valence electrons. The molecule has 1 amide bonds. The van der Waals surface area contributed by atoms with E-state index in [9.17, 15) is 23.9 Å². The van der Waals surface area contributed by atoms with E-state index >= 15 is 0 Å². The first-order valence-corrected chi connectivity index (χ1v) is 8.87. The maximum Gasteiger partial charge on any atom is 0.332 e. The second-order valence-electron chi connectivity index (χ2n) is 6.92. The third-order valence-corrected chi connectivity index (χ3v) is 4.64. The maximum absolute atomic E-state index is 13.1. The molecule has 7 nitrogen and oxygen atoms in total. The molecule has 1 atom stereocenters. The molecule has 3 aromatic rings. The largest absolute Gasteiger partial charge is 0.384 e. The summed E-state index contributed by atoms with van der Waals surface area (Å²) in [6.45, 7) is 3.11. The van der Waals surface area contributed by atoms with E-state index in [4.69, 9.17) is 0 Å². The van der Waals surface area contributed by atoms with Crippen LogP contribution in [0, 0.1) is 12.7 Å². The highest BCUT2D eigenvalue weighted by atomic mass is 19.1. The minimum absolute atomic E-state index is 0.118. The van der Waals surface area contributed by atoms with Crippen LogP contribution in [-0.4, -0.2) is 27.1 Å². The Morgan fingerprint density at radius 1 is 1.17 bits per heavy atom. The van der Waals surface area contributed by atoms with Crippen molar-refractivity contribution in [2.24, 2.45) is 0 Å². The smallest absolute Gasteiger partial charge is 0.332 e. The van der Waals surface area contributed by atoms with Gasteiger partial charge in [0.25, 0.3) is 11.5 Å². The molecule has 3 rings (SSSR count). The monoisotopic (exact) mass is 397 g/mol. The van der Waals surface area contributed by atoms with Gasteiger partial charge < -0.3 is 15.4 Å². The number of halogens is 1. The number of aliphatic hydroxyl groups is 1. The van der Waals surface area contributed by atoms with Crippen LogP contribution in [0.4, 0.5) is 4.39 Å². The van der Waals surface area contributed by atoms with Crippen molar-refractivity contribution in [3.05, 3.63) is 98.1 Å². The molecule has 0 aliphatic rings. The Kier molecular flexibility index (Phi) is 5.47. The summed E-state index contributed by atoms with van der Waals surface area (Å²) in [6, 6.07) is 11.2. The minimum Gasteiger partial charge on any atom is -0.384 e. The molecule has 0 aliphatic heterocycles. The SMILES string of the molecule is Cc1ccc(-n2c(=O)cc[nH]c2=O)cc1C(=O)NCC(C)(O)c1ccc(F)cc1. The van der Waals surface area contributed by atoms with Gasteiger partial charge in [0.1, 0.15) is 11.4 Å². The number of rotatable bonds is 5. The maximum atomic E-state index is 13.1. The molecule has 0 bridgehead atoms. The summed E-state index contributed by atoms with van der Waals surface area (Å²) in [6.07, 6.45) is 1.25. The van der Waals surface area contributed by atoms with Crippen LogP contribution < -0.4 is 16.6 Å². The molecular weight excluding hydrogens is 377 g/mol. The van der Waals surface area contributed by atoms with Crippen LogP contribution in [0.15, 0.2) is 64.3 Å². The molecule has 1 unspecified atom stereocenters. The first-order valence-electron chi connectivity index (χ1n) is 8.87. The summed E-state index contributed by atoms with van der Waals surface area (Å²) >= 11 is 0. The van der Waals surface area contributed by atoms with Gasteiger partial charge in [-0.1, -0.05) is 18.2 Å². The van der Waals surface area contributed by atoms with E-state index in [1.807, 2.05) is 0 Å². The summed E-state index contributed by atoms with van der Waals surface area (Å²) < 4.78 is 14.0. The van der Waals surface area contributed by atoms with Crippen LogP contribution in [-0.2, 0) is 5.60 Å². The predicted octanol–water partition coefficient (Wildman–Crippen LogP) is 1.61. The Hall–Kier alpha value is -3.52. The molecule has 0 spiro atoms. The Labute approximate surface area is 165 Å². The molecule has 1 heterocycles. The van der Waals surface area contributed by atoms with Crippen molar-refractivity contribution in [1.29, 1.82) is 0 Å². The van der Waals surface area contributed by atoms with Crippen LogP contribution in [0.5, 0.6) is 0 Å². The summed E-state index contributed by atoms with van der Waals surface area (Å²) in [5.74, 6) is -0.903. The Balaban J connectivity index is 1.85. The van der Waals surface area contributed by atoms with Crippen molar-refractivity contribution in [3.63, 3.8) is 0 Å². The molecule has 0 radical (unpaired) electrons. The van der Waals surface area contributed by atoms with Crippen LogP contribution in [0.2, 0.25) is 0 Å². The van der Waals surface area contributed by atoms with Gasteiger partial charge in [-0.2, -0.15) is 0 Å². The summed E-state index contributed by atoms with van der Waals surface area (Å²) in [5.41, 5.74) is -0.969. The molecular formula is C21H20FN3O4. The number of carbonyl (C=O) groups is 1. The van der Waals surface area contributed by atoms with Crippen LogP contribution >= 0.6 is 0 Å². The lowest BCUT2D eigenvalue weighted by molar-refractivity contribution is 0.0525. The average molecular weight is 397 g/mol. The summed E-state index contributed by atoms with van der Waals surface area (Å²) in [7, 11) is 0. The standard InChI is InChI=1S/C21H20FN3O4/c1-13-3-8-16(25-18(26)9-10-23-20(25)28)11-17(13)19(27)24-12-21(2,29)14-4-6-15(22)7-5-14/h3-11,29H,12H2,1-2H3,(H,23,28)(H,24,27). The van der Waals surface area contributed by atoms with Crippen molar-refractivity contribution in [1.82, 2.24) is 14.9 Å². The minimum atomic E-state index is -1.41. The fourth-order valence-corrected chi connectivity index (χ4v) is 2.92. The van der Waals surface area contributed by atoms with E-state index in [0.29, 0.717) is 11.1 Å². The molecule has 0 saturated heterocycles. The zero-order valence-electron chi connectivity index (χ0n) is 15.9. The van der Waals surface area contributed by atoms with Crippen molar-refractivity contribution in [2.45, 2.75) is 19.4 Å². The van der Waals surface area contributed by atoms with Crippen molar-refractivity contribution >= 4 is 5.91 Å². The second-order valence-corrected chi connectivity index (χ2v) is 6.92. The lowest BCUT2D eigenvalue weighted by Crippen LogP contribution is -2.39. The fourth-order valence-electron chi connectivity index (χ4n) is 2.92. The van der Waals surface area contributed by atoms with Crippen molar-refractivity contribution < 1.29 is 14.3 Å². The predicted molar refractivity (Wildman–Crippen MR) is 106 cm³/mol. The lowest BCUT2D eigenvalue weighted by Gasteiger charge is -2.24. The van der Waals surface area contributed by atoms with Crippen LogP contribution in [0.25, 0.3) is 5.69 Å². The van der Waals surface area contributed by atoms with Crippen molar-refractivity contribution in [3.8, 4) is 5.69 Å². The van der Waals surface area contributed by atoms with E-state index in [0.717, 1.165) is 4.57 Å². The molecule has 0 aliphatic carbocycles. The summed E-state index contributed by atoms with van der Waals surface area (Å²) in [4.78, 5) is 39.1. The normalized spacial score (nSPS) is 13.0. The number of aromatic amines is 1. The number of H-pyrrole nitrogens is 1. The number of nitrogens with zero attached hydrogens (tertiary/aromatic N) is 1. The number of hydrogen-bond acceptors (Lipinski definition) is 4. The zero-order chi connectivity index (χ0) is 21.2. The molecule has 0 fully saturated rings. The van der Waals surface area contributed by atoms with Gasteiger partial charge >= 0.3 is 5.69 Å². The van der Waals surface area contributed by atoms with Gasteiger partial charge in [-0.05, 0) is 49.2 Å². The quantitative estimate of drug-likeness (QED) is 0.608. The highest BCUT2D eigenvalue weighted by molar-refractivity contribution is 5.96. The van der Waals surface area contributed by atoms with Gasteiger partial charge in [0.2, 0.25) is 0 Å². The molecule has 2 aromatic carbocycles. The average Bonchev–Trinajstić information content (AvgIpc) is 2.67. The van der Waals surface area contributed by atoms with E-state index in [1.165, 1.54) is 49.5 Å². The number of benzene rings is 2. The number of amides is 1. The van der Waals surface area contributed by atoms with Gasteiger partial charge in [-0.25, -0.2) is 13.8 Å². The number of nitrogens with one attached hydrogen (secondary N) is 2. The van der Waals surface area contributed by atoms with Crippen LogP contribution in [0.1, 0.15) is 28.4 Å². The topological polar surface area (TPSA) is 104 Å². The number of aryl methyl sites for hydroxylation is 1. The number of aromatic nitrogens is 2. The van der Waals surface area contributed by atoms with E-state index in [-0.39, 0.29) is 17.8 Å². The zero-order valence-corrected chi connectivity index (χ0v) is 15.9. The van der Waals surface area contributed by atoms with E-state index in [1.54, 1.807) is 19.1 Å². The first kappa shape index (κ1) is 20.2.